The van der Waals surface area contributed by atoms with E-state index in [1.165, 1.54) is 13.2 Å². The van der Waals surface area contributed by atoms with E-state index in [0.717, 1.165) is 24.2 Å². The zero-order valence-electron chi connectivity index (χ0n) is 12.1. The lowest BCUT2D eigenvalue weighted by Gasteiger charge is -2.20. The highest BCUT2D eigenvalue weighted by Gasteiger charge is 2.18. The molecule has 0 saturated heterocycles. The van der Waals surface area contributed by atoms with E-state index in [9.17, 15) is 4.39 Å². The van der Waals surface area contributed by atoms with Gasteiger partial charge < -0.3 is 10.1 Å². The summed E-state index contributed by atoms with van der Waals surface area (Å²) in [5.74, 6) is -0.0940. The van der Waals surface area contributed by atoms with Gasteiger partial charge in [-0.2, -0.15) is 5.10 Å². The van der Waals surface area contributed by atoms with Crippen LogP contribution in [-0.2, 0) is 7.05 Å². The van der Waals surface area contributed by atoms with E-state index < -0.39 is 0 Å². The fraction of sp³-hybridized carbons (Fsp3) is 0.400. The highest BCUT2D eigenvalue weighted by Crippen LogP contribution is 2.26. The van der Waals surface area contributed by atoms with Gasteiger partial charge in [0, 0.05) is 13.2 Å². The molecule has 4 nitrogen and oxygen atoms in total. The first-order valence-electron chi connectivity index (χ1n) is 6.72. The van der Waals surface area contributed by atoms with Gasteiger partial charge in [0.25, 0.3) is 0 Å². The average molecular weight is 277 g/mol. The number of ether oxygens (including phenoxy) is 1. The summed E-state index contributed by atoms with van der Waals surface area (Å²) in [5.41, 5.74) is 1.99. The van der Waals surface area contributed by atoms with Crippen LogP contribution in [0.3, 0.4) is 0 Å². The van der Waals surface area contributed by atoms with Crippen molar-refractivity contribution >= 4 is 0 Å². The molecule has 5 heteroatoms. The summed E-state index contributed by atoms with van der Waals surface area (Å²) in [6, 6.07) is 6.87. The van der Waals surface area contributed by atoms with Crippen molar-refractivity contribution in [3.05, 3.63) is 47.5 Å². The third-order valence-electron chi connectivity index (χ3n) is 3.26. The number of benzene rings is 1. The van der Waals surface area contributed by atoms with Gasteiger partial charge in [0.05, 0.1) is 18.8 Å². The van der Waals surface area contributed by atoms with E-state index in [1.807, 2.05) is 17.8 Å². The summed E-state index contributed by atoms with van der Waals surface area (Å²) in [6.45, 7) is 2.98. The minimum Gasteiger partial charge on any atom is -0.494 e. The van der Waals surface area contributed by atoms with Crippen molar-refractivity contribution in [1.29, 1.82) is 0 Å². The monoisotopic (exact) mass is 277 g/mol. The number of rotatable bonds is 6. The van der Waals surface area contributed by atoms with Gasteiger partial charge in [-0.1, -0.05) is 13.0 Å². The van der Waals surface area contributed by atoms with Crippen LogP contribution >= 0.6 is 0 Å². The fourth-order valence-electron chi connectivity index (χ4n) is 2.21. The van der Waals surface area contributed by atoms with E-state index in [4.69, 9.17) is 4.74 Å². The molecule has 1 N–H and O–H groups in total. The lowest BCUT2D eigenvalue weighted by atomic mass is 10.0. The van der Waals surface area contributed by atoms with Crippen LogP contribution in [0.1, 0.15) is 30.6 Å². The Hall–Kier alpha value is -1.88. The maximum absolute atomic E-state index is 13.5. The van der Waals surface area contributed by atoms with Gasteiger partial charge >= 0.3 is 0 Å². The molecule has 1 atom stereocenters. The molecule has 2 aromatic rings. The molecule has 0 amide bonds. The highest BCUT2D eigenvalue weighted by molar-refractivity contribution is 5.35. The first kappa shape index (κ1) is 14.5. The highest BCUT2D eigenvalue weighted by atomic mass is 19.1. The maximum Gasteiger partial charge on any atom is 0.165 e. The third kappa shape index (κ3) is 2.99. The SMILES string of the molecule is CCCNC(c1ccc(F)c(OC)c1)c1ccnn1C. The Kier molecular flexibility index (Phi) is 4.74. The number of hydrogen-bond donors (Lipinski definition) is 1. The van der Waals surface area contributed by atoms with Gasteiger partial charge in [-0.3, -0.25) is 4.68 Å². The van der Waals surface area contributed by atoms with Gasteiger partial charge in [0.1, 0.15) is 0 Å². The Labute approximate surface area is 118 Å². The summed E-state index contributed by atoms with van der Waals surface area (Å²) in [7, 11) is 3.37. The van der Waals surface area contributed by atoms with Crippen LogP contribution in [0.2, 0.25) is 0 Å². The van der Waals surface area contributed by atoms with Crippen molar-refractivity contribution in [2.45, 2.75) is 19.4 Å². The first-order chi connectivity index (χ1) is 9.67. The van der Waals surface area contributed by atoms with E-state index >= 15 is 0 Å². The Balaban J connectivity index is 2.38. The predicted molar refractivity (Wildman–Crippen MR) is 76.3 cm³/mol. The molecular weight excluding hydrogens is 257 g/mol. The largest absolute Gasteiger partial charge is 0.494 e. The molecular formula is C15H20FN3O. The summed E-state index contributed by atoms with van der Waals surface area (Å²) >= 11 is 0. The zero-order valence-corrected chi connectivity index (χ0v) is 12.1. The van der Waals surface area contributed by atoms with E-state index in [0.29, 0.717) is 0 Å². The molecule has 20 heavy (non-hydrogen) atoms. The van der Waals surface area contributed by atoms with Crippen LogP contribution in [0.4, 0.5) is 4.39 Å². The number of nitrogens with zero attached hydrogens (tertiary/aromatic N) is 2. The smallest absolute Gasteiger partial charge is 0.165 e. The normalized spacial score (nSPS) is 12.4. The second kappa shape index (κ2) is 6.52. The Morgan fingerprint density at radius 3 is 2.80 bits per heavy atom. The second-order valence-corrected chi connectivity index (χ2v) is 4.66. The molecule has 0 aliphatic rings. The minimum absolute atomic E-state index is 0.0306. The number of aryl methyl sites for hydroxylation is 1. The van der Waals surface area contributed by atoms with Gasteiger partial charge in [0.2, 0.25) is 0 Å². The van der Waals surface area contributed by atoms with Crippen LogP contribution < -0.4 is 10.1 Å². The molecule has 0 bridgehead atoms. The maximum atomic E-state index is 13.5. The van der Waals surface area contributed by atoms with Gasteiger partial charge in [-0.05, 0) is 36.7 Å². The summed E-state index contributed by atoms with van der Waals surface area (Å²) in [5, 5.41) is 7.66. The van der Waals surface area contributed by atoms with Crippen molar-refractivity contribution in [2.75, 3.05) is 13.7 Å². The lowest BCUT2D eigenvalue weighted by Crippen LogP contribution is -2.25. The summed E-state index contributed by atoms with van der Waals surface area (Å²) in [6.07, 6.45) is 2.78. The predicted octanol–water partition coefficient (Wildman–Crippen LogP) is 2.66. The molecule has 0 aliphatic carbocycles. The molecule has 1 aromatic carbocycles. The quantitative estimate of drug-likeness (QED) is 0.882. The molecule has 0 spiro atoms. The van der Waals surface area contributed by atoms with Crippen molar-refractivity contribution in [3.63, 3.8) is 0 Å². The third-order valence-corrected chi connectivity index (χ3v) is 3.26. The lowest BCUT2D eigenvalue weighted by molar-refractivity contribution is 0.385. The number of methoxy groups -OCH3 is 1. The summed E-state index contributed by atoms with van der Waals surface area (Å²) in [4.78, 5) is 0. The molecule has 0 radical (unpaired) electrons. The molecule has 2 rings (SSSR count). The van der Waals surface area contributed by atoms with Gasteiger partial charge in [0.15, 0.2) is 11.6 Å². The van der Waals surface area contributed by atoms with Crippen LogP contribution in [0.5, 0.6) is 5.75 Å². The van der Waals surface area contributed by atoms with E-state index in [2.05, 4.69) is 17.3 Å². The van der Waals surface area contributed by atoms with Crippen LogP contribution in [0, 0.1) is 5.82 Å². The van der Waals surface area contributed by atoms with E-state index in [-0.39, 0.29) is 17.6 Å². The van der Waals surface area contributed by atoms with Crippen molar-refractivity contribution < 1.29 is 9.13 Å². The first-order valence-corrected chi connectivity index (χ1v) is 6.72. The van der Waals surface area contributed by atoms with Crippen LogP contribution in [-0.4, -0.2) is 23.4 Å². The molecule has 108 valence electrons. The average Bonchev–Trinajstić information content (AvgIpc) is 2.87. The van der Waals surface area contributed by atoms with Crippen LogP contribution in [0.25, 0.3) is 0 Å². The van der Waals surface area contributed by atoms with Gasteiger partial charge in [-0.25, -0.2) is 4.39 Å². The minimum atomic E-state index is -0.351. The van der Waals surface area contributed by atoms with Crippen molar-refractivity contribution in [3.8, 4) is 5.75 Å². The number of nitrogens with one attached hydrogen (secondary N) is 1. The molecule has 1 unspecified atom stereocenters. The molecule has 1 heterocycles. The zero-order chi connectivity index (χ0) is 14.5. The van der Waals surface area contributed by atoms with Crippen molar-refractivity contribution in [1.82, 2.24) is 15.1 Å². The Morgan fingerprint density at radius 2 is 2.20 bits per heavy atom. The van der Waals surface area contributed by atoms with Crippen LogP contribution in [0.15, 0.2) is 30.5 Å². The standard InChI is InChI=1S/C15H20FN3O/c1-4-8-17-15(13-7-9-18-19(13)2)11-5-6-12(16)14(10-11)20-3/h5-7,9-10,15,17H,4,8H2,1-3H3. The second-order valence-electron chi connectivity index (χ2n) is 4.66. The molecule has 0 saturated carbocycles. The Morgan fingerprint density at radius 1 is 1.40 bits per heavy atom. The number of hydrogen-bond acceptors (Lipinski definition) is 3. The Bertz CT molecular complexity index is 568. The summed E-state index contributed by atoms with van der Waals surface area (Å²) < 4.78 is 20.4. The topological polar surface area (TPSA) is 39.1 Å². The molecule has 0 aliphatic heterocycles. The fourth-order valence-corrected chi connectivity index (χ4v) is 2.21. The molecule has 1 aromatic heterocycles. The number of halogens is 1. The van der Waals surface area contributed by atoms with Crippen molar-refractivity contribution in [2.24, 2.45) is 7.05 Å². The molecule has 0 fully saturated rings. The van der Waals surface area contributed by atoms with Gasteiger partial charge in [-0.15, -0.1) is 0 Å². The van der Waals surface area contributed by atoms with E-state index in [1.54, 1.807) is 18.3 Å². The number of aromatic nitrogens is 2.